The second kappa shape index (κ2) is 7.17. The number of hydrogen-bond acceptors (Lipinski definition) is 4. The fourth-order valence-corrected chi connectivity index (χ4v) is 3.01. The molecule has 0 unspecified atom stereocenters. The van der Waals surface area contributed by atoms with Crippen LogP contribution in [0.15, 0.2) is 83.9 Å². The summed E-state index contributed by atoms with van der Waals surface area (Å²) in [5.41, 5.74) is 1.81. The zero-order chi connectivity index (χ0) is 18.6. The first kappa shape index (κ1) is 16.6. The molecule has 2 aromatic heterocycles. The Kier molecular flexibility index (Phi) is 4.41. The second-order valence-electron chi connectivity index (χ2n) is 5.92. The molecule has 2 aromatic carbocycles. The molecule has 0 atom stereocenters. The van der Waals surface area contributed by atoms with Gasteiger partial charge in [0.05, 0.1) is 5.56 Å². The van der Waals surface area contributed by atoms with Crippen LogP contribution in [0.1, 0.15) is 16.2 Å². The van der Waals surface area contributed by atoms with Crippen LogP contribution in [0.25, 0.3) is 28.1 Å². The summed E-state index contributed by atoms with van der Waals surface area (Å²) < 4.78 is 0. The van der Waals surface area contributed by atoms with Gasteiger partial charge in [0.25, 0.3) is 5.56 Å². The van der Waals surface area contributed by atoms with Gasteiger partial charge in [0.1, 0.15) is 0 Å². The van der Waals surface area contributed by atoms with Crippen molar-refractivity contribution in [2.24, 2.45) is 0 Å². The van der Waals surface area contributed by atoms with Crippen LogP contribution >= 0.6 is 0 Å². The van der Waals surface area contributed by atoms with Gasteiger partial charge >= 0.3 is 0 Å². The lowest BCUT2D eigenvalue weighted by Gasteiger charge is -2.11. The number of carbonyl (C=O) groups is 1. The quantitative estimate of drug-likeness (QED) is 0.446. The van der Waals surface area contributed by atoms with Crippen LogP contribution in [0, 0.1) is 0 Å². The van der Waals surface area contributed by atoms with E-state index >= 15 is 0 Å². The molecule has 0 spiro atoms. The van der Waals surface area contributed by atoms with Crippen LogP contribution in [0.5, 0.6) is 0 Å². The first-order chi connectivity index (χ1) is 13.2. The maximum atomic E-state index is 12.9. The Hall–Kier alpha value is -3.86. The van der Waals surface area contributed by atoms with Gasteiger partial charge in [0, 0.05) is 28.9 Å². The van der Waals surface area contributed by atoms with E-state index in [2.05, 4.69) is 15.0 Å². The van der Waals surface area contributed by atoms with Crippen LogP contribution in [0.2, 0.25) is 0 Å². The van der Waals surface area contributed by atoms with Gasteiger partial charge in [-0.05, 0) is 29.8 Å². The number of nitrogens with zero attached hydrogens (tertiary/aromatic N) is 2. The number of para-hydroxylation sites is 1. The molecule has 0 saturated carbocycles. The number of allylic oxidation sites excluding steroid dienone is 1. The number of benzene rings is 2. The minimum absolute atomic E-state index is 0.104. The molecule has 1 N–H and O–H groups in total. The van der Waals surface area contributed by atoms with E-state index in [0.29, 0.717) is 16.9 Å². The molecule has 0 bridgehead atoms. The molecule has 4 aromatic rings. The van der Waals surface area contributed by atoms with Crippen molar-refractivity contribution in [1.29, 1.82) is 0 Å². The summed E-state index contributed by atoms with van der Waals surface area (Å²) in [5.74, 6) is 0.0117. The standard InChI is InChI=1S/C22H15N3O2/c26-18(11-12-19-23-13-6-14-24-19)21-20(15-7-2-1-3-8-15)16-9-4-5-10-17(16)25-22(21)27/h1-14H,(H,25,27)/b12-11+. The molecule has 0 radical (unpaired) electrons. The molecule has 4 rings (SSSR count). The van der Waals surface area contributed by atoms with E-state index in [1.54, 1.807) is 18.5 Å². The van der Waals surface area contributed by atoms with E-state index in [0.717, 1.165) is 10.9 Å². The molecule has 2 heterocycles. The van der Waals surface area contributed by atoms with Gasteiger partial charge in [-0.1, -0.05) is 48.5 Å². The molecule has 0 aliphatic carbocycles. The maximum Gasteiger partial charge on any atom is 0.260 e. The summed E-state index contributed by atoms with van der Waals surface area (Å²) in [6.45, 7) is 0. The second-order valence-corrected chi connectivity index (χ2v) is 5.92. The number of ketones is 1. The largest absolute Gasteiger partial charge is 0.321 e. The van der Waals surface area contributed by atoms with Crippen molar-refractivity contribution >= 4 is 22.8 Å². The van der Waals surface area contributed by atoms with E-state index in [9.17, 15) is 9.59 Å². The highest BCUT2D eigenvalue weighted by atomic mass is 16.1. The molecule has 0 aliphatic rings. The van der Waals surface area contributed by atoms with Crippen molar-refractivity contribution < 1.29 is 4.79 Å². The van der Waals surface area contributed by atoms with Crippen molar-refractivity contribution in [1.82, 2.24) is 15.0 Å². The summed E-state index contributed by atoms with van der Waals surface area (Å²) in [6.07, 6.45) is 6.03. The molecular formula is C22H15N3O2. The molecule has 0 amide bonds. The monoisotopic (exact) mass is 353 g/mol. The lowest BCUT2D eigenvalue weighted by molar-refractivity contribution is 0.104. The maximum absolute atomic E-state index is 12.9. The van der Waals surface area contributed by atoms with Crippen LogP contribution in [-0.2, 0) is 0 Å². The number of carbonyl (C=O) groups excluding carboxylic acids is 1. The first-order valence-electron chi connectivity index (χ1n) is 8.44. The zero-order valence-corrected chi connectivity index (χ0v) is 14.3. The lowest BCUT2D eigenvalue weighted by Crippen LogP contribution is -2.18. The summed E-state index contributed by atoms with van der Waals surface area (Å²) in [5, 5.41) is 0.816. The third-order valence-electron chi connectivity index (χ3n) is 4.20. The van der Waals surface area contributed by atoms with Crippen molar-refractivity contribution in [2.75, 3.05) is 0 Å². The van der Waals surface area contributed by atoms with Crippen molar-refractivity contribution in [3.8, 4) is 11.1 Å². The smallest absolute Gasteiger partial charge is 0.260 e. The lowest BCUT2D eigenvalue weighted by atomic mass is 9.94. The number of H-pyrrole nitrogens is 1. The van der Waals surface area contributed by atoms with E-state index in [1.165, 1.54) is 12.2 Å². The molecule has 0 saturated heterocycles. The number of pyridine rings is 1. The Morgan fingerprint density at radius 3 is 2.37 bits per heavy atom. The number of aromatic amines is 1. The molecule has 0 fully saturated rings. The molecule has 27 heavy (non-hydrogen) atoms. The fourth-order valence-electron chi connectivity index (χ4n) is 3.01. The van der Waals surface area contributed by atoms with E-state index in [4.69, 9.17) is 0 Å². The van der Waals surface area contributed by atoms with E-state index in [-0.39, 0.29) is 5.56 Å². The predicted octanol–water partition coefficient (Wildman–Crippen LogP) is 3.88. The highest BCUT2D eigenvalue weighted by Crippen LogP contribution is 2.29. The zero-order valence-electron chi connectivity index (χ0n) is 14.3. The molecule has 5 nitrogen and oxygen atoms in total. The van der Waals surface area contributed by atoms with Gasteiger partial charge in [-0.3, -0.25) is 9.59 Å². The Morgan fingerprint density at radius 1 is 0.889 bits per heavy atom. The van der Waals surface area contributed by atoms with Crippen molar-refractivity contribution in [3.63, 3.8) is 0 Å². The minimum atomic E-state index is -0.420. The van der Waals surface area contributed by atoms with E-state index < -0.39 is 11.3 Å². The normalized spacial score (nSPS) is 11.1. The minimum Gasteiger partial charge on any atom is -0.321 e. The average molecular weight is 353 g/mol. The Balaban J connectivity index is 1.92. The van der Waals surface area contributed by atoms with Gasteiger partial charge in [-0.2, -0.15) is 0 Å². The van der Waals surface area contributed by atoms with Gasteiger partial charge in [-0.25, -0.2) is 9.97 Å². The average Bonchev–Trinajstić information content (AvgIpc) is 2.72. The van der Waals surface area contributed by atoms with Crippen LogP contribution in [0.3, 0.4) is 0 Å². The Labute approximate surface area is 155 Å². The third-order valence-corrected chi connectivity index (χ3v) is 4.20. The summed E-state index contributed by atoms with van der Waals surface area (Å²) in [4.78, 5) is 36.6. The van der Waals surface area contributed by atoms with Crippen LogP contribution < -0.4 is 5.56 Å². The van der Waals surface area contributed by atoms with Crippen LogP contribution in [0.4, 0.5) is 0 Å². The Morgan fingerprint density at radius 2 is 1.59 bits per heavy atom. The molecule has 5 heteroatoms. The van der Waals surface area contributed by atoms with Gasteiger partial charge < -0.3 is 4.98 Å². The van der Waals surface area contributed by atoms with Crippen molar-refractivity contribution in [3.05, 3.63) is 101 Å². The fraction of sp³-hybridized carbons (Fsp3) is 0. The molecular weight excluding hydrogens is 338 g/mol. The van der Waals surface area contributed by atoms with Gasteiger partial charge in [0.2, 0.25) is 0 Å². The number of hydrogen-bond donors (Lipinski definition) is 1. The van der Waals surface area contributed by atoms with E-state index in [1.807, 2.05) is 54.6 Å². The number of rotatable bonds is 4. The van der Waals surface area contributed by atoms with Crippen LogP contribution in [-0.4, -0.2) is 20.7 Å². The molecule has 130 valence electrons. The first-order valence-corrected chi connectivity index (χ1v) is 8.44. The topological polar surface area (TPSA) is 75.7 Å². The molecule has 0 aliphatic heterocycles. The summed E-state index contributed by atoms with van der Waals surface area (Å²) in [7, 11) is 0. The SMILES string of the molecule is O=C(/C=C/c1ncccn1)c1c(-c2ccccc2)c2ccccc2[nH]c1=O. The van der Waals surface area contributed by atoms with Gasteiger partial charge in [0.15, 0.2) is 11.6 Å². The Bertz CT molecular complexity index is 1200. The number of fused-ring (bicyclic) bond motifs is 1. The third kappa shape index (κ3) is 3.30. The number of nitrogens with one attached hydrogen (secondary N) is 1. The van der Waals surface area contributed by atoms with Gasteiger partial charge in [-0.15, -0.1) is 0 Å². The highest BCUT2D eigenvalue weighted by Gasteiger charge is 2.18. The number of aromatic nitrogens is 3. The highest BCUT2D eigenvalue weighted by molar-refractivity contribution is 6.14. The predicted molar refractivity (Wildman–Crippen MR) is 105 cm³/mol. The van der Waals surface area contributed by atoms with Crippen molar-refractivity contribution in [2.45, 2.75) is 0 Å². The summed E-state index contributed by atoms with van der Waals surface area (Å²) in [6, 6.07) is 18.6. The summed E-state index contributed by atoms with van der Waals surface area (Å²) >= 11 is 0.